The first kappa shape index (κ1) is 13.5. The van der Waals surface area contributed by atoms with Gasteiger partial charge in [0, 0.05) is 0 Å². The summed E-state index contributed by atoms with van der Waals surface area (Å²) >= 11 is 0. The first-order valence-electron chi connectivity index (χ1n) is 6.41. The van der Waals surface area contributed by atoms with Gasteiger partial charge in [0.25, 0.3) is 0 Å². The predicted molar refractivity (Wildman–Crippen MR) is 71.5 cm³/mol. The highest BCUT2D eigenvalue weighted by molar-refractivity contribution is 5.21. The number of aromatic nitrogens is 2. The van der Waals surface area contributed by atoms with Crippen LogP contribution in [0, 0.1) is 0 Å². The van der Waals surface area contributed by atoms with Gasteiger partial charge in [-0.15, -0.1) is 0 Å². The molecular formula is C14H19N3O2. The van der Waals surface area contributed by atoms with Crippen molar-refractivity contribution in [2.75, 3.05) is 0 Å². The fraction of sp³-hybridized carbons (Fsp3) is 0.429. The van der Waals surface area contributed by atoms with E-state index in [4.69, 9.17) is 15.0 Å². The van der Waals surface area contributed by atoms with E-state index in [1.807, 2.05) is 37.3 Å². The number of nitrogens with zero attached hydrogens (tertiary/aromatic N) is 2. The van der Waals surface area contributed by atoms with Gasteiger partial charge in [-0.05, 0) is 25.5 Å². The molecule has 2 aromatic rings. The summed E-state index contributed by atoms with van der Waals surface area (Å²) in [6.07, 6.45) is 1.76. The molecule has 102 valence electrons. The summed E-state index contributed by atoms with van der Waals surface area (Å²) in [5.41, 5.74) is 5.56. The van der Waals surface area contributed by atoms with Crippen LogP contribution in [0.3, 0.4) is 0 Å². The lowest BCUT2D eigenvalue weighted by molar-refractivity contribution is 0.269. The molecule has 0 spiro atoms. The molecule has 1 atom stereocenters. The Balaban J connectivity index is 1.98. The molecule has 0 aliphatic heterocycles. The summed E-state index contributed by atoms with van der Waals surface area (Å²) in [5, 5.41) is 3.89. The third-order valence-electron chi connectivity index (χ3n) is 2.84. The van der Waals surface area contributed by atoms with Crippen molar-refractivity contribution in [2.24, 2.45) is 5.73 Å². The third kappa shape index (κ3) is 3.54. The van der Waals surface area contributed by atoms with Gasteiger partial charge in [0.05, 0.1) is 5.54 Å². The largest absolute Gasteiger partial charge is 0.485 e. The Bertz CT molecular complexity index is 508. The molecule has 0 amide bonds. The van der Waals surface area contributed by atoms with Crippen LogP contribution in [0.15, 0.2) is 34.9 Å². The minimum Gasteiger partial charge on any atom is -0.485 e. The van der Waals surface area contributed by atoms with Crippen molar-refractivity contribution in [2.45, 2.75) is 38.8 Å². The molecular weight excluding hydrogens is 242 g/mol. The molecule has 0 aliphatic carbocycles. The molecule has 0 saturated heterocycles. The molecule has 2 rings (SSSR count). The minimum atomic E-state index is -0.577. The van der Waals surface area contributed by atoms with E-state index in [0.29, 0.717) is 11.7 Å². The molecule has 19 heavy (non-hydrogen) atoms. The van der Waals surface area contributed by atoms with Gasteiger partial charge in [-0.2, -0.15) is 4.98 Å². The molecule has 0 aliphatic rings. The van der Waals surface area contributed by atoms with Crippen molar-refractivity contribution in [1.82, 2.24) is 10.1 Å². The summed E-state index contributed by atoms with van der Waals surface area (Å²) in [6.45, 7) is 4.24. The zero-order valence-corrected chi connectivity index (χ0v) is 11.3. The van der Waals surface area contributed by atoms with Crippen LogP contribution in [0.4, 0.5) is 0 Å². The van der Waals surface area contributed by atoms with E-state index in [0.717, 1.165) is 18.6 Å². The van der Waals surface area contributed by atoms with Crippen molar-refractivity contribution >= 4 is 0 Å². The first-order valence-corrected chi connectivity index (χ1v) is 6.41. The van der Waals surface area contributed by atoms with Gasteiger partial charge in [0.1, 0.15) is 5.75 Å². The molecule has 1 unspecified atom stereocenters. The van der Waals surface area contributed by atoms with E-state index in [9.17, 15) is 0 Å². The molecule has 0 saturated carbocycles. The van der Waals surface area contributed by atoms with Crippen LogP contribution in [0.2, 0.25) is 0 Å². The Morgan fingerprint density at radius 3 is 2.74 bits per heavy atom. The summed E-state index contributed by atoms with van der Waals surface area (Å²) in [4.78, 5) is 4.29. The van der Waals surface area contributed by atoms with Gasteiger partial charge in [0.15, 0.2) is 6.61 Å². The average Bonchev–Trinajstić information content (AvgIpc) is 2.87. The highest BCUT2D eigenvalue weighted by Gasteiger charge is 2.27. The van der Waals surface area contributed by atoms with Gasteiger partial charge in [0.2, 0.25) is 11.7 Å². The number of nitrogens with two attached hydrogens (primary N) is 1. The van der Waals surface area contributed by atoms with E-state index in [1.54, 1.807) is 0 Å². The molecule has 1 aromatic carbocycles. The zero-order chi connectivity index (χ0) is 13.7. The standard InChI is InChI=1S/C14H19N3O2/c1-3-9-14(2,15)13-16-12(17-19-13)10-18-11-7-5-4-6-8-11/h4-8H,3,9-10,15H2,1-2H3. The number of hydrogen-bond donors (Lipinski definition) is 1. The number of para-hydroxylation sites is 1. The lowest BCUT2D eigenvalue weighted by Crippen LogP contribution is -2.33. The minimum absolute atomic E-state index is 0.274. The number of hydrogen-bond acceptors (Lipinski definition) is 5. The van der Waals surface area contributed by atoms with Gasteiger partial charge in [-0.25, -0.2) is 0 Å². The smallest absolute Gasteiger partial charge is 0.246 e. The molecule has 1 aromatic heterocycles. The molecule has 0 bridgehead atoms. The van der Waals surface area contributed by atoms with E-state index in [-0.39, 0.29) is 6.61 Å². The van der Waals surface area contributed by atoms with Crippen molar-refractivity contribution in [1.29, 1.82) is 0 Å². The second-order valence-corrected chi connectivity index (χ2v) is 4.78. The van der Waals surface area contributed by atoms with Gasteiger partial charge >= 0.3 is 0 Å². The molecule has 1 heterocycles. The number of benzene rings is 1. The summed E-state index contributed by atoms with van der Waals surface area (Å²) in [7, 11) is 0. The lowest BCUT2D eigenvalue weighted by Gasteiger charge is -2.18. The van der Waals surface area contributed by atoms with Crippen LogP contribution >= 0.6 is 0 Å². The Morgan fingerprint density at radius 1 is 1.32 bits per heavy atom. The second kappa shape index (κ2) is 5.84. The maximum Gasteiger partial charge on any atom is 0.246 e. The Morgan fingerprint density at radius 2 is 2.05 bits per heavy atom. The summed E-state index contributed by atoms with van der Waals surface area (Å²) < 4.78 is 10.8. The Hall–Kier alpha value is -1.88. The number of ether oxygens (including phenoxy) is 1. The van der Waals surface area contributed by atoms with Crippen molar-refractivity contribution in [3.05, 3.63) is 42.0 Å². The summed E-state index contributed by atoms with van der Waals surface area (Å²) in [6, 6.07) is 9.52. The highest BCUT2D eigenvalue weighted by Crippen LogP contribution is 2.21. The van der Waals surface area contributed by atoms with Crippen LogP contribution in [0.25, 0.3) is 0 Å². The topological polar surface area (TPSA) is 74.2 Å². The van der Waals surface area contributed by atoms with E-state index in [2.05, 4.69) is 17.1 Å². The molecule has 2 N–H and O–H groups in total. The van der Waals surface area contributed by atoms with Gasteiger partial charge in [-0.1, -0.05) is 36.7 Å². The maximum atomic E-state index is 6.13. The lowest BCUT2D eigenvalue weighted by atomic mass is 9.98. The van der Waals surface area contributed by atoms with Gasteiger partial charge < -0.3 is 15.0 Å². The van der Waals surface area contributed by atoms with Gasteiger partial charge in [-0.3, -0.25) is 0 Å². The predicted octanol–water partition coefficient (Wildman–Crippen LogP) is 2.62. The maximum absolute atomic E-state index is 6.13. The van der Waals surface area contributed by atoms with Crippen molar-refractivity contribution in [3.8, 4) is 5.75 Å². The van der Waals surface area contributed by atoms with Crippen molar-refractivity contribution in [3.63, 3.8) is 0 Å². The Kier molecular flexibility index (Phi) is 4.16. The van der Waals surface area contributed by atoms with Crippen LogP contribution in [-0.4, -0.2) is 10.1 Å². The zero-order valence-electron chi connectivity index (χ0n) is 11.3. The van der Waals surface area contributed by atoms with E-state index in [1.165, 1.54) is 0 Å². The molecule has 5 nitrogen and oxygen atoms in total. The highest BCUT2D eigenvalue weighted by atomic mass is 16.5. The van der Waals surface area contributed by atoms with Crippen LogP contribution in [0.5, 0.6) is 5.75 Å². The SMILES string of the molecule is CCCC(C)(N)c1nc(COc2ccccc2)no1. The quantitative estimate of drug-likeness (QED) is 0.865. The monoisotopic (exact) mass is 261 g/mol. The first-order chi connectivity index (χ1) is 9.12. The second-order valence-electron chi connectivity index (χ2n) is 4.78. The van der Waals surface area contributed by atoms with Crippen molar-refractivity contribution < 1.29 is 9.26 Å². The normalized spacial score (nSPS) is 14.1. The fourth-order valence-corrected chi connectivity index (χ4v) is 1.84. The molecule has 0 radical (unpaired) electrons. The molecule has 0 fully saturated rings. The summed E-state index contributed by atoms with van der Waals surface area (Å²) in [5.74, 6) is 1.74. The molecule has 5 heteroatoms. The fourth-order valence-electron chi connectivity index (χ4n) is 1.84. The van der Waals surface area contributed by atoms with E-state index < -0.39 is 5.54 Å². The third-order valence-corrected chi connectivity index (χ3v) is 2.84. The Labute approximate surface area is 112 Å². The van der Waals surface area contributed by atoms with Crippen LogP contribution in [0.1, 0.15) is 38.4 Å². The number of rotatable bonds is 6. The van der Waals surface area contributed by atoms with Crippen LogP contribution < -0.4 is 10.5 Å². The average molecular weight is 261 g/mol. The van der Waals surface area contributed by atoms with Crippen LogP contribution in [-0.2, 0) is 12.1 Å². The van der Waals surface area contributed by atoms with E-state index >= 15 is 0 Å².